The first-order chi connectivity index (χ1) is 9.22. The molecule has 3 saturated heterocycles. The normalized spacial score (nSPS) is 35.3. The van der Waals surface area contributed by atoms with E-state index in [0.29, 0.717) is 30.8 Å². The van der Waals surface area contributed by atoms with E-state index in [0.717, 1.165) is 38.8 Å². The summed E-state index contributed by atoms with van der Waals surface area (Å²) in [4.78, 5) is 16.5. The van der Waals surface area contributed by atoms with E-state index in [2.05, 4.69) is 4.90 Å². The van der Waals surface area contributed by atoms with Crippen molar-refractivity contribution < 1.29 is 14.3 Å². The Bertz CT molecular complexity index is 330. The number of piperidine rings is 1. The molecule has 1 amide bonds. The molecule has 3 rings (SSSR count). The van der Waals surface area contributed by atoms with Gasteiger partial charge in [-0.15, -0.1) is 0 Å². The number of fused-ring (bicyclic) bond motifs is 2. The number of nitrogens with zero attached hydrogens (tertiary/aromatic N) is 2. The minimum atomic E-state index is -0.105. The lowest BCUT2D eigenvalue weighted by Gasteiger charge is -2.48. The van der Waals surface area contributed by atoms with Crippen LogP contribution in [-0.2, 0) is 9.47 Å². The highest BCUT2D eigenvalue weighted by atomic mass is 16.6. The molecule has 0 aromatic rings. The predicted molar refractivity (Wildman–Crippen MR) is 71.1 cm³/mol. The highest BCUT2D eigenvalue weighted by molar-refractivity contribution is 5.69. The van der Waals surface area contributed by atoms with E-state index >= 15 is 0 Å². The predicted octanol–water partition coefficient (Wildman–Crippen LogP) is 1.47. The Hall–Kier alpha value is -0.810. The number of carbonyl (C=O) groups excluding carboxylic acids is 1. The molecule has 5 heteroatoms. The summed E-state index contributed by atoms with van der Waals surface area (Å²) >= 11 is 0. The second-order valence-electron chi connectivity index (χ2n) is 5.93. The molecule has 5 nitrogen and oxygen atoms in total. The van der Waals surface area contributed by atoms with Crippen LogP contribution in [0, 0.1) is 0 Å². The molecule has 0 aliphatic carbocycles. The molecule has 3 aliphatic heterocycles. The summed E-state index contributed by atoms with van der Waals surface area (Å²) in [5.74, 6) is 0. The van der Waals surface area contributed by atoms with Crippen molar-refractivity contribution in [1.82, 2.24) is 9.80 Å². The van der Waals surface area contributed by atoms with Crippen molar-refractivity contribution in [2.24, 2.45) is 0 Å². The minimum Gasteiger partial charge on any atom is -0.450 e. The number of hydrogen-bond acceptors (Lipinski definition) is 4. The van der Waals surface area contributed by atoms with Gasteiger partial charge >= 0.3 is 6.09 Å². The van der Waals surface area contributed by atoms with Gasteiger partial charge in [-0.3, -0.25) is 4.90 Å². The Kier molecular flexibility index (Phi) is 3.67. The summed E-state index contributed by atoms with van der Waals surface area (Å²) in [5.41, 5.74) is 0. The van der Waals surface area contributed by atoms with Gasteiger partial charge in [0.15, 0.2) is 0 Å². The van der Waals surface area contributed by atoms with E-state index < -0.39 is 0 Å². The van der Waals surface area contributed by atoms with Gasteiger partial charge in [0.25, 0.3) is 0 Å². The lowest BCUT2D eigenvalue weighted by atomic mass is 9.93. The van der Waals surface area contributed by atoms with E-state index in [1.807, 2.05) is 11.8 Å². The van der Waals surface area contributed by atoms with Crippen LogP contribution in [0.4, 0.5) is 4.79 Å². The molecule has 2 atom stereocenters. The first-order valence-electron chi connectivity index (χ1n) is 7.44. The van der Waals surface area contributed by atoms with Gasteiger partial charge in [0, 0.05) is 38.3 Å². The molecule has 0 aromatic carbocycles. The Labute approximate surface area is 114 Å². The van der Waals surface area contributed by atoms with Crippen LogP contribution in [0.5, 0.6) is 0 Å². The van der Waals surface area contributed by atoms with Crippen LogP contribution in [0.1, 0.15) is 32.6 Å². The quantitative estimate of drug-likeness (QED) is 0.777. The molecule has 3 aliphatic rings. The van der Waals surface area contributed by atoms with Gasteiger partial charge in [-0.25, -0.2) is 4.79 Å². The number of carbonyl (C=O) groups is 1. The van der Waals surface area contributed by atoms with Crippen LogP contribution < -0.4 is 0 Å². The van der Waals surface area contributed by atoms with Gasteiger partial charge in [0.2, 0.25) is 0 Å². The number of likely N-dealkylation sites (tertiary alicyclic amines) is 1. The second kappa shape index (κ2) is 5.29. The number of hydrogen-bond donors (Lipinski definition) is 0. The van der Waals surface area contributed by atoms with Crippen molar-refractivity contribution >= 4 is 6.09 Å². The Morgan fingerprint density at radius 3 is 2.32 bits per heavy atom. The summed E-state index contributed by atoms with van der Waals surface area (Å²) < 4.78 is 10.5. The molecule has 2 bridgehead atoms. The molecule has 0 N–H and O–H groups in total. The largest absolute Gasteiger partial charge is 0.450 e. The van der Waals surface area contributed by atoms with E-state index in [4.69, 9.17) is 9.47 Å². The van der Waals surface area contributed by atoms with Crippen LogP contribution in [0.25, 0.3) is 0 Å². The second-order valence-corrected chi connectivity index (χ2v) is 5.93. The number of ether oxygens (including phenoxy) is 2. The summed E-state index contributed by atoms with van der Waals surface area (Å²) in [6.45, 7) is 4.46. The lowest BCUT2D eigenvalue weighted by Crippen LogP contribution is -2.60. The Morgan fingerprint density at radius 1 is 1.16 bits per heavy atom. The smallest absolute Gasteiger partial charge is 0.410 e. The monoisotopic (exact) mass is 268 g/mol. The van der Waals surface area contributed by atoms with E-state index in [1.165, 1.54) is 0 Å². The summed E-state index contributed by atoms with van der Waals surface area (Å²) in [5, 5.41) is 0. The van der Waals surface area contributed by atoms with Gasteiger partial charge in [-0.1, -0.05) is 0 Å². The molecule has 0 saturated carbocycles. The first kappa shape index (κ1) is 13.2. The fourth-order valence-electron chi connectivity index (χ4n) is 3.86. The van der Waals surface area contributed by atoms with Crippen molar-refractivity contribution in [1.29, 1.82) is 0 Å². The maximum absolute atomic E-state index is 12.0. The SMILES string of the molecule is CCOC(=O)N1C2CCC1CC(N1CC(OC)C1)C2. The van der Waals surface area contributed by atoms with Gasteiger partial charge in [-0.2, -0.15) is 0 Å². The van der Waals surface area contributed by atoms with Gasteiger partial charge in [0.1, 0.15) is 0 Å². The van der Waals surface area contributed by atoms with Crippen molar-refractivity contribution in [3.8, 4) is 0 Å². The number of rotatable bonds is 3. The molecule has 3 fully saturated rings. The molecule has 19 heavy (non-hydrogen) atoms. The summed E-state index contributed by atoms with van der Waals surface area (Å²) in [7, 11) is 1.79. The highest BCUT2D eigenvalue weighted by Crippen LogP contribution is 2.39. The Balaban J connectivity index is 1.58. The highest BCUT2D eigenvalue weighted by Gasteiger charge is 2.47. The summed E-state index contributed by atoms with van der Waals surface area (Å²) in [6.07, 6.45) is 4.80. The zero-order chi connectivity index (χ0) is 13.4. The van der Waals surface area contributed by atoms with Crippen LogP contribution in [0.15, 0.2) is 0 Å². The zero-order valence-corrected chi connectivity index (χ0v) is 11.9. The molecule has 0 aromatic heterocycles. The third-order valence-electron chi connectivity index (χ3n) is 4.91. The van der Waals surface area contributed by atoms with Crippen LogP contribution in [0.2, 0.25) is 0 Å². The third kappa shape index (κ3) is 2.34. The Morgan fingerprint density at radius 2 is 1.79 bits per heavy atom. The van der Waals surface area contributed by atoms with E-state index in [-0.39, 0.29) is 6.09 Å². The maximum atomic E-state index is 12.0. The fraction of sp³-hybridized carbons (Fsp3) is 0.929. The minimum absolute atomic E-state index is 0.105. The lowest BCUT2D eigenvalue weighted by molar-refractivity contribution is -0.0683. The maximum Gasteiger partial charge on any atom is 0.410 e. The van der Waals surface area contributed by atoms with Gasteiger partial charge < -0.3 is 14.4 Å². The average molecular weight is 268 g/mol. The summed E-state index contributed by atoms with van der Waals surface area (Å²) in [6, 6.07) is 1.42. The molecular formula is C14H24N2O3. The molecule has 0 radical (unpaired) electrons. The number of methoxy groups -OCH3 is 1. The average Bonchev–Trinajstić information content (AvgIpc) is 2.60. The molecule has 108 valence electrons. The van der Waals surface area contributed by atoms with E-state index in [9.17, 15) is 4.79 Å². The van der Waals surface area contributed by atoms with Crippen molar-refractivity contribution in [3.05, 3.63) is 0 Å². The topological polar surface area (TPSA) is 42.0 Å². The van der Waals surface area contributed by atoms with Crippen molar-refractivity contribution in [2.75, 3.05) is 26.8 Å². The van der Waals surface area contributed by atoms with Gasteiger partial charge in [0.05, 0.1) is 12.7 Å². The standard InChI is InChI=1S/C14H24N2O3/c1-3-19-14(17)16-10-4-5-11(16)7-12(6-10)15-8-13(9-15)18-2/h10-13H,3-9H2,1-2H3. The van der Waals surface area contributed by atoms with E-state index in [1.54, 1.807) is 7.11 Å². The molecule has 2 unspecified atom stereocenters. The molecular weight excluding hydrogens is 244 g/mol. The third-order valence-corrected chi connectivity index (χ3v) is 4.91. The van der Waals surface area contributed by atoms with Crippen molar-refractivity contribution in [3.63, 3.8) is 0 Å². The van der Waals surface area contributed by atoms with Crippen LogP contribution in [-0.4, -0.2) is 66.9 Å². The van der Waals surface area contributed by atoms with Gasteiger partial charge in [-0.05, 0) is 32.6 Å². The van der Waals surface area contributed by atoms with Crippen molar-refractivity contribution in [2.45, 2.75) is 56.8 Å². The number of amides is 1. The fourth-order valence-corrected chi connectivity index (χ4v) is 3.86. The zero-order valence-electron chi connectivity index (χ0n) is 11.9. The van der Waals surface area contributed by atoms with Crippen LogP contribution in [0.3, 0.4) is 0 Å². The molecule has 0 spiro atoms. The first-order valence-corrected chi connectivity index (χ1v) is 7.44. The van der Waals surface area contributed by atoms with Crippen LogP contribution >= 0.6 is 0 Å². The molecule has 3 heterocycles.